The van der Waals surface area contributed by atoms with Gasteiger partial charge in [0.15, 0.2) is 0 Å². The maximum absolute atomic E-state index is 12.8. The molecule has 1 saturated heterocycles. The summed E-state index contributed by atoms with van der Waals surface area (Å²) in [5.41, 5.74) is 0.625. The zero-order chi connectivity index (χ0) is 19.4. The van der Waals surface area contributed by atoms with E-state index in [4.69, 9.17) is 21.1 Å². The third-order valence-corrected chi connectivity index (χ3v) is 6.37. The van der Waals surface area contributed by atoms with E-state index < -0.39 is 15.9 Å². The summed E-state index contributed by atoms with van der Waals surface area (Å²) >= 11 is 6.15. The van der Waals surface area contributed by atoms with Gasteiger partial charge in [0.25, 0.3) is 5.91 Å². The molecule has 0 radical (unpaired) electrons. The molecule has 1 heterocycles. The molecule has 1 N–H and O–H groups in total. The predicted octanol–water partition coefficient (Wildman–Crippen LogP) is 2.62. The number of amides is 1. The van der Waals surface area contributed by atoms with Crippen molar-refractivity contribution in [3.8, 4) is 5.75 Å². The van der Waals surface area contributed by atoms with Crippen LogP contribution in [0.1, 0.15) is 10.4 Å². The Bertz CT molecular complexity index is 925. The number of anilines is 1. The highest BCUT2D eigenvalue weighted by Gasteiger charge is 2.27. The van der Waals surface area contributed by atoms with E-state index in [0.29, 0.717) is 37.6 Å². The molecule has 0 unspecified atom stereocenters. The average molecular weight is 411 g/mol. The first-order valence-corrected chi connectivity index (χ1v) is 10.1. The number of halogens is 1. The highest BCUT2D eigenvalue weighted by molar-refractivity contribution is 7.89. The SMILES string of the molecule is COc1ccc(C(=O)Nc2cc(S(=O)(=O)N3CCOCC3)ccc2Cl)cc1. The van der Waals surface area contributed by atoms with Crippen molar-refractivity contribution in [3.63, 3.8) is 0 Å². The van der Waals surface area contributed by atoms with Crippen molar-refractivity contribution in [2.24, 2.45) is 0 Å². The minimum Gasteiger partial charge on any atom is -0.497 e. The summed E-state index contributed by atoms with van der Waals surface area (Å²) < 4.78 is 37.2. The van der Waals surface area contributed by atoms with Crippen LogP contribution in [0.25, 0.3) is 0 Å². The Labute approximate surface area is 162 Å². The normalized spacial score (nSPS) is 15.3. The van der Waals surface area contributed by atoms with E-state index in [2.05, 4.69) is 5.32 Å². The van der Waals surface area contributed by atoms with Crippen molar-refractivity contribution in [1.82, 2.24) is 4.31 Å². The summed E-state index contributed by atoms with van der Waals surface area (Å²) in [7, 11) is -2.15. The number of nitrogens with zero attached hydrogens (tertiary/aromatic N) is 1. The molecule has 2 aromatic carbocycles. The first-order valence-electron chi connectivity index (χ1n) is 8.24. The Balaban J connectivity index is 1.83. The average Bonchev–Trinajstić information content (AvgIpc) is 2.70. The summed E-state index contributed by atoms with van der Waals surface area (Å²) in [6.45, 7) is 1.29. The molecule has 0 aromatic heterocycles. The summed E-state index contributed by atoms with van der Waals surface area (Å²) in [5.74, 6) is 0.226. The maximum Gasteiger partial charge on any atom is 0.255 e. The van der Waals surface area contributed by atoms with Gasteiger partial charge in [-0.1, -0.05) is 11.6 Å². The van der Waals surface area contributed by atoms with Crippen molar-refractivity contribution in [1.29, 1.82) is 0 Å². The minimum absolute atomic E-state index is 0.0684. The third-order valence-electron chi connectivity index (χ3n) is 4.15. The van der Waals surface area contributed by atoms with E-state index in [1.165, 1.54) is 29.6 Å². The van der Waals surface area contributed by atoms with Gasteiger partial charge >= 0.3 is 0 Å². The fraction of sp³-hybridized carbons (Fsp3) is 0.278. The van der Waals surface area contributed by atoms with Crippen molar-refractivity contribution in [3.05, 3.63) is 53.1 Å². The zero-order valence-corrected chi connectivity index (χ0v) is 16.2. The lowest BCUT2D eigenvalue weighted by Gasteiger charge is -2.26. The molecule has 144 valence electrons. The standard InChI is InChI=1S/C18H19ClN2O5S/c1-25-14-4-2-13(3-5-14)18(22)20-17-12-15(6-7-16(17)19)27(23,24)21-8-10-26-11-9-21/h2-7,12H,8-11H2,1H3,(H,20,22). The molecular weight excluding hydrogens is 392 g/mol. The van der Waals surface area contributed by atoms with Gasteiger partial charge in [-0.2, -0.15) is 4.31 Å². The topological polar surface area (TPSA) is 84.9 Å². The largest absolute Gasteiger partial charge is 0.497 e. The van der Waals surface area contributed by atoms with Crippen LogP contribution < -0.4 is 10.1 Å². The molecule has 0 spiro atoms. The molecular formula is C18H19ClN2O5S. The molecule has 0 bridgehead atoms. The molecule has 9 heteroatoms. The number of nitrogens with one attached hydrogen (secondary N) is 1. The maximum atomic E-state index is 12.8. The number of morpholine rings is 1. The smallest absolute Gasteiger partial charge is 0.255 e. The van der Waals surface area contributed by atoms with E-state index in [9.17, 15) is 13.2 Å². The molecule has 1 aliphatic rings. The van der Waals surface area contributed by atoms with Crippen molar-refractivity contribution < 1.29 is 22.7 Å². The van der Waals surface area contributed by atoms with E-state index >= 15 is 0 Å². The van der Waals surface area contributed by atoms with Gasteiger partial charge in [0.05, 0.1) is 35.9 Å². The van der Waals surface area contributed by atoms with Crippen LogP contribution in [-0.2, 0) is 14.8 Å². The molecule has 0 atom stereocenters. The van der Waals surface area contributed by atoms with Crippen LogP contribution in [0.15, 0.2) is 47.4 Å². The monoisotopic (exact) mass is 410 g/mol. The van der Waals surface area contributed by atoms with Gasteiger partial charge in [-0.05, 0) is 42.5 Å². The Morgan fingerprint density at radius 1 is 1.15 bits per heavy atom. The van der Waals surface area contributed by atoms with Crippen LogP contribution in [0.5, 0.6) is 5.75 Å². The summed E-state index contributed by atoms with van der Waals surface area (Å²) in [5, 5.41) is 2.91. The highest BCUT2D eigenvalue weighted by Crippen LogP contribution is 2.28. The van der Waals surface area contributed by atoms with Crippen LogP contribution >= 0.6 is 11.6 Å². The van der Waals surface area contributed by atoms with Crippen LogP contribution in [0.4, 0.5) is 5.69 Å². The van der Waals surface area contributed by atoms with Gasteiger partial charge in [0, 0.05) is 18.7 Å². The van der Waals surface area contributed by atoms with Gasteiger partial charge in [-0.25, -0.2) is 8.42 Å². The van der Waals surface area contributed by atoms with Crippen LogP contribution in [-0.4, -0.2) is 52.0 Å². The zero-order valence-electron chi connectivity index (χ0n) is 14.6. The molecule has 2 aromatic rings. The van der Waals surface area contributed by atoms with E-state index in [-0.39, 0.29) is 15.6 Å². The lowest BCUT2D eigenvalue weighted by molar-refractivity contribution is 0.0730. The second kappa shape index (κ2) is 8.26. The molecule has 1 aliphatic heterocycles. The van der Waals surface area contributed by atoms with Gasteiger partial charge in [-0.3, -0.25) is 4.79 Å². The first kappa shape index (κ1) is 19.6. The third kappa shape index (κ3) is 4.41. The Morgan fingerprint density at radius 3 is 2.44 bits per heavy atom. The molecule has 27 heavy (non-hydrogen) atoms. The number of sulfonamides is 1. The van der Waals surface area contributed by atoms with Gasteiger partial charge in [0.1, 0.15) is 5.75 Å². The minimum atomic E-state index is -3.68. The van der Waals surface area contributed by atoms with E-state index in [1.54, 1.807) is 24.3 Å². The number of rotatable bonds is 5. The molecule has 0 saturated carbocycles. The first-order chi connectivity index (χ1) is 12.9. The van der Waals surface area contributed by atoms with Crippen molar-refractivity contribution in [2.75, 3.05) is 38.7 Å². The number of methoxy groups -OCH3 is 1. The second-order valence-corrected chi connectivity index (χ2v) is 8.19. The van der Waals surface area contributed by atoms with Crippen molar-refractivity contribution in [2.45, 2.75) is 4.90 Å². The van der Waals surface area contributed by atoms with Crippen molar-refractivity contribution >= 4 is 33.2 Å². The molecule has 3 rings (SSSR count). The van der Waals surface area contributed by atoms with Crippen LogP contribution in [0, 0.1) is 0 Å². The van der Waals surface area contributed by atoms with Gasteiger partial charge < -0.3 is 14.8 Å². The van der Waals surface area contributed by atoms with E-state index in [0.717, 1.165) is 0 Å². The number of ether oxygens (including phenoxy) is 2. The molecule has 7 nitrogen and oxygen atoms in total. The quantitative estimate of drug-likeness (QED) is 0.819. The summed E-state index contributed by atoms with van der Waals surface area (Å²) in [6, 6.07) is 10.8. The van der Waals surface area contributed by atoms with Crippen LogP contribution in [0.3, 0.4) is 0 Å². The Kier molecular flexibility index (Phi) is 6.01. The molecule has 0 aliphatic carbocycles. The van der Waals surface area contributed by atoms with Gasteiger partial charge in [0.2, 0.25) is 10.0 Å². The lowest BCUT2D eigenvalue weighted by Crippen LogP contribution is -2.40. The highest BCUT2D eigenvalue weighted by atomic mass is 35.5. The molecule has 1 amide bonds. The summed E-state index contributed by atoms with van der Waals surface area (Å²) in [4.78, 5) is 12.5. The number of hydrogen-bond donors (Lipinski definition) is 1. The fourth-order valence-corrected chi connectivity index (χ4v) is 4.23. The Hall–Kier alpha value is -2.13. The predicted molar refractivity (Wildman–Crippen MR) is 102 cm³/mol. The lowest BCUT2D eigenvalue weighted by atomic mass is 10.2. The Morgan fingerprint density at radius 2 is 1.81 bits per heavy atom. The fourth-order valence-electron chi connectivity index (χ4n) is 2.63. The number of benzene rings is 2. The molecule has 1 fully saturated rings. The number of carbonyl (C=O) groups excluding carboxylic acids is 1. The van der Waals surface area contributed by atoms with Gasteiger partial charge in [-0.15, -0.1) is 0 Å². The summed E-state index contributed by atoms with van der Waals surface area (Å²) in [6.07, 6.45) is 0. The second-order valence-electron chi connectivity index (χ2n) is 5.84. The van der Waals surface area contributed by atoms with Crippen LogP contribution in [0.2, 0.25) is 5.02 Å². The van der Waals surface area contributed by atoms with E-state index in [1.807, 2.05) is 0 Å². The number of carbonyl (C=O) groups is 1. The number of hydrogen-bond acceptors (Lipinski definition) is 5.